The van der Waals surface area contributed by atoms with E-state index in [0.717, 1.165) is 11.0 Å². The van der Waals surface area contributed by atoms with Crippen LogP contribution in [0.3, 0.4) is 0 Å². The summed E-state index contributed by atoms with van der Waals surface area (Å²) in [5.74, 6) is 0. The summed E-state index contributed by atoms with van der Waals surface area (Å²) in [6.07, 6.45) is 0. The maximum Gasteiger partial charge on any atom is 1.00 e. The molecule has 0 bridgehead atoms. The van der Waals surface area contributed by atoms with Gasteiger partial charge < -0.3 is 0 Å². The van der Waals surface area contributed by atoms with Crippen molar-refractivity contribution < 1.29 is 29.6 Å². The summed E-state index contributed by atoms with van der Waals surface area (Å²) >= 11 is 0. The average molecular weight is 158 g/mol. The Morgan fingerprint density at radius 2 is 2.30 bits per heavy atom. The Hall–Kier alpha value is 0.120. The molecular weight excluding hydrogens is 154 g/mol. The van der Waals surface area contributed by atoms with Crippen molar-refractivity contribution in [3.05, 3.63) is 24.3 Å². The van der Waals surface area contributed by atoms with Crippen molar-refractivity contribution in [3.63, 3.8) is 0 Å². The largest absolute Gasteiger partial charge is 1.00 e. The Bertz CT molecular complexity index is 290. The van der Waals surface area contributed by atoms with Gasteiger partial charge in [0.15, 0.2) is 0 Å². The zero-order valence-electron chi connectivity index (χ0n) is 5.63. The van der Waals surface area contributed by atoms with E-state index in [4.69, 9.17) is 0 Å². The van der Waals surface area contributed by atoms with Crippen LogP contribution in [0.2, 0.25) is 0 Å². The Morgan fingerprint density at radius 3 is 3.10 bits per heavy atom. The standard InChI is InChI=1S/C6H4N2P.Na/c1-2-4-6-5(3-1)7-9-8-6;/h1-3,9H;/q-1;+1. The van der Waals surface area contributed by atoms with Crippen molar-refractivity contribution in [1.29, 1.82) is 0 Å². The molecule has 1 aromatic carbocycles. The SMILES string of the molecule is [Na+].[c-]1cccc2n[pH]nc12. The molecule has 0 aliphatic heterocycles. The Morgan fingerprint density at radius 1 is 1.40 bits per heavy atom. The molecule has 0 saturated heterocycles. The van der Waals surface area contributed by atoms with Crippen molar-refractivity contribution in [1.82, 2.24) is 9.49 Å². The molecule has 1 aromatic heterocycles. The smallest absolute Gasteiger partial charge is 0.286 e. The summed E-state index contributed by atoms with van der Waals surface area (Å²) in [6.45, 7) is 0. The average Bonchev–Trinajstić information content (AvgIpc) is 2.33. The molecule has 0 radical (unpaired) electrons. The fraction of sp³-hybridized carbons (Fsp3) is 0. The molecule has 44 valence electrons. The van der Waals surface area contributed by atoms with Gasteiger partial charge in [-0.15, -0.1) is 6.07 Å². The van der Waals surface area contributed by atoms with Crippen LogP contribution >= 0.6 is 8.51 Å². The predicted molar refractivity (Wildman–Crippen MR) is 37.9 cm³/mol. The molecule has 0 saturated carbocycles. The summed E-state index contributed by atoms with van der Waals surface area (Å²) in [5.41, 5.74) is 1.90. The molecule has 10 heavy (non-hydrogen) atoms. The van der Waals surface area contributed by atoms with E-state index >= 15 is 0 Å². The molecule has 0 amide bonds. The van der Waals surface area contributed by atoms with Crippen LogP contribution in [-0.4, -0.2) is 9.49 Å². The summed E-state index contributed by atoms with van der Waals surface area (Å²) in [6, 6.07) is 8.73. The van der Waals surface area contributed by atoms with Crippen LogP contribution < -0.4 is 29.6 Å². The molecule has 2 rings (SSSR count). The second-order valence-electron chi connectivity index (χ2n) is 1.73. The number of fused-ring (bicyclic) bond motifs is 1. The minimum absolute atomic E-state index is 0. The molecule has 1 atom stereocenters. The molecule has 0 fully saturated rings. The maximum atomic E-state index is 4.13. The molecule has 0 aliphatic carbocycles. The van der Waals surface area contributed by atoms with E-state index in [2.05, 4.69) is 15.6 Å². The number of nitrogens with zero attached hydrogens (tertiary/aromatic N) is 2. The number of rotatable bonds is 0. The third-order valence-corrected chi connectivity index (χ3v) is 1.81. The number of aromatic nitrogens is 2. The molecular formula is C6H4N2NaP. The first-order valence-electron chi connectivity index (χ1n) is 2.64. The van der Waals surface area contributed by atoms with E-state index in [0.29, 0.717) is 8.51 Å². The Labute approximate surface area is 82.6 Å². The first-order chi connectivity index (χ1) is 4.47. The minimum Gasteiger partial charge on any atom is -0.286 e. The molecule has 2 nitrogen and oxygen atoms in total. The normalized spacial score (nSPS) is 10.0. The fourth-order valence-corrected chi connectivity index (χ4v) is 1.35. The molecule has 0 spiro atoms. The predicted octanol–water partition coefficient (Wildman–Crippen LogP) is -1.53. The summed E-state index contributed by atoms with van der Waals surface area (Å²) in [4.78, 5) is 0. The van der Waals surface area contributed by atoms with Gasteiger partial charge in [-0.25, -0.2) is 4.75 Å². The molecule has 4 heteroatoms. The van der Waals surface area contributed by atoms with Crippen molar-refractivity contribution >= 4 is 19.5 Å². The summed E-state index contributed by atoms with van der Waals surface area (Å²) < 4.78 is 8.23. The van der Waals surface area contributed by atoms with E-state index in [1.54, 1.807) is 0 Å². The van der Waals surface area contributed by atoms with Gasteiger partial charge in [0.2, 0.25) is 0 Å². The zero-order chi connectivity index (χ0) is 6.10. The monoisotopic (exact) mass is 158 g/mol. The first-order valence-corrected chi connectivity index (χ1v) is 3.53. The third-order valence-electron chi connectivity index (χ3n) is 1.15. The molecule has 0 aliphatic rings. The molecule has 0 N–H and O–H groups in total. The van der Waals surface area contributed by atoms with E-state index in [9.17, 15) is 0 Å². The van der Waals surface area contributed by atoms with Gasteiger partial charge in [0.05, 0.1) is 0 Å². The van der Waals surface area contributed by atoms with Crippen LogP contribution in [-0.2, 0) is 0 Å². The zero-order valence-corrected chi connectivity index (χ0v) is 8.63. The van der Waals surface area contributed by atoms with Gasteiger partial charge in [-0.2, -0.15) is 18.2 Å². The molecule has 1 heterocycles. The quantitative estimate of drug-likeness (QED) is 0.343. The molecule has 1 unspecified atom stereocenters. The second-order valence-corrected chi connectivity index (χ2v) is 2.37. The topological polar surface area (TPSA) is 25.8 Å². The van der Waals surface area contributed by atoms with Crippen LogP contribution in [0.25, 0.3) is 11.0 Å². The maximum absolute atomic E-state index is 4.13. The van der Waals surface area contributed by atoms with Gasteiger partial charge in [-0.3, -0.25) is 4.75 Å². The van der Waals surface area contributed by atoms with Crippen LogP contribution in [0, 0.1) is 6.07 Å². The van der Waals surface area contributed by atoms with E-state index < -0.39 is 0 Å². The minimum atomic E-state index is 0. The Balaban J connectivity index is 0.000000500. The second kappa shape index (κ2) is 3.49. The summed E-state index contributed by atoms with van der Waals surface area (Å²) in [5, 5.41) is 0. The van der Waals surface area contributed by atoms with Gasteiger partial charge in [0.25, 0.3) is 0 Å². The number of hydrogen-bond acceptors (Lipinski definition) is 2. The Kier molecular flexibility index (Phi) is 2.87. The number of benzene rings is 1. The summed E-state index contributed by atoms with van der Waals surface area (Å²) in [7, 11) is 0.365. The van der Waals surface area contributed by atoms with Crippen LogP contribution in [0.4, 0.5) is 0 Å². The fourth-order valence-electron chi connectivity index (χ4n) is 0.728. The van der Waals surface area contributed by atoms with Crippen LogP contribution in [0.15, 0.2) is 18.2 Å². The molecule has 2 aromatic rings. The van der Waals surface area contributed by atoms with E-state index in [-0.39, 0.29) is 29.6 Å². The number of hydrogen-bond donors (Lipinski definition) is 0. The van der Waals surface area contributed by atoms with E-state index in [1.807, 2.05) is 18.2 Å². The number of para-hydroxylation sites is 1. The van der Waals surface area contributed by atoms with E-state index in [1.165, 1.54) is 0 Å². The third kappa shape index (κ3) is 1.40. The van der Waals surface area contributed by atoms with Gasteiger partial charge in [-0.1, -0.05) is 0 Å². The van der Waals surface area contributed by atoms with Crippen LogP contribution in [0.1, 0.15) is 0 Å². The first kappa shape index (κ1) is 8.22. The van der Waals surface area contributed by atoms with Crippen molar-refractivity contribution in [2.45, 2.75) is 0 Å². The van der Waals surface area contributed by atoms with Gasteiger partial charge in [-0.05, 0) is 11.0 Å². The van der Waals surface area contributed by atoms with Crippen molar-refractivity contribution in [2.24, 2.45) is 0 Å². The van der Waals surface area contributed by atoms with Gasteiger partial charge >= 0.3 is 29.6 Å². The van der Waals surface area contributed by atoms with Gasteiger partial charge in [0, 0.05) is 8.51 Å². The van der Waals surface area contributed by atoms with Crippen molar-refractivity contribution in [2.75, 3.05) is 0 Å². The van der Waals surface area contributed by atoms with Gasteiger partial charge in [0.1, 0.15) is 0 Å². The van der Waals surface area contributed by atoms with Crippen LogP contribution in [0.5, 0.6) is 0 Å². The van der Waals surface area contributed by atoms with Crippen molar-refractivity contribution in [3.8, 4) is 0 Å².